The molecule has 1 aliphatic rings. The first kappa shape index (κ1) is 16.1. The molecular formula is C18H19N5OS. The van der Waals surface area contributed by atoms with E-state index in [-0.39, 0.29) is 0 Å². The molecule has 3 aromatic rings. The summed E-state index contributed by atoms with van der Waals surface area (Å²) >= 11 is 1.54. The van der Waals surface area contributed by atoms with Crippen LogP contribution < -0.4 is 4.90 Å². The van der Waals surface area contributed by atoms with Gasteiger partial charge in [0.1, 0.15) is 5.82 Å². The lowest BCUT2D eigenvalue weighted by molar-refractivity contribution is 0.122. The number of ether oxygens (including phenoxy) is 1. The summed E-state index contributed by atoms with van der Waals surface area (Å²) in [6, 6.07) is 10.2. The lowest BCUT2D eigenvalue weighted by Crippen LogP contribution is -2.37. The summed E-state index contributed by atoms with van der Waals surface area (Å²) in [5, 5.41) is 6.22. The molecule has 6 nitrogen and oxygen atoms in total. The number of benzene rings is 1. The Labute approximate surface area is 150 Å². The van der Waals surface area contributed by atoms with Crippen LogP contribution in [-0.2, 0) is 4.74 Å². The fraction of sp³-hybridized carbons (Fsp3) is 0.278. The Kier molecular flexibility index (Phi) is 4.67. The van der Waals surface area contributed by atoms with Gasteiger partial charge in [-0.3, -0.25) is 0 Å². The highest BCUT2D eigenvalue weighted by atomic mass is 32.2. The van der Waals surface area contributed by atoms with Crippen molar-refractivity contribution in [1.82, 2.24) is 19.7 Å². The summed E-state index contributed by atoms with van der Waals surface area (Å²) in [6.07, 6.45) is 7.81. The predicted octanol–water partition coefficient (Wildman–Crippen LogP) is 3.01. The van der Waals surface area contributed by atoms with Crippen molar-refractivity contribution in [3.05, 3.63) is 42.1 Å². The summed E-state index contributed by atoms with van der Waals surface area (Å²) in [7, 11) is 0. The van der Waals surface area contributed by atoms with Gasteiger partial charge in [0.25, 0.3) is 0 Å². The summed E-state index contributed by atoms with van der Waals surface area (Å²) in [4.78, 5) is 11.6. The first-order chi connectivity index (χ1) is 12.3. The second-order valence-corrected chi connectivity index (χ2v) is 6.46. The van der Waals surface area contributed by atoms with Crippen LogP contribution in [0, 0.1) is 0 Å². The molecule has 3 heterocycles. The minimum atomic E-state index is 0.724. The minimum absolute atomic E-state index is 0.724. The van der Waals surface area contributed by atoms with Gasteiger partial charge in [0.2, 0.25) is 0 Å². The van der Waals surface area contributed by atoms with Gasteiger partial charge in [0, 0.05) is 19.3 Å². The van der Waals surface area contributed by atoms with Gasteiger partial charge in [0.15, 0.2) is 10.8 Å². The average Bonchev–Trinajstić information content (AvgIpc) is 3.10. The second-order valence-electron chi connectivity index (χ2n) is 5.69. The van der Waals surface area contributed by atoms with E-state index in [1.807, 2.05) is 47.6 Å². The van der Waals surface area contributed by atoms with E-state index in [1.54, 1.807) is 11.8 Å². The molecule has 1 fully saturated rings. The molecule has 0 atom stereocenters. The molecule has 0 unspecified atom stereocenters. The van der Waals surface area contributed by atoms with Gasteiger partial charge >= 0.3 is 0 Å². The molecule has 2 aromatic heterocycles. The van der Waals surface area contributed by atoms with Gasteiger partial charge in [-0.1, -0.05) is 42.1 Å². The van der Waals surface area contributed by atoms with Crippen molar-refractivity contribution in [2.24, 2.45) is 0 Å². The van der Waals surface area contributed by atoms with E-state index in [0.717, 1.165) is 53.9 Å². The van der Waals surface area contributed by atoms with Crippen LogP contribution in [0.2, 0.25) is 0 Å². The molecule has 0 N–H and O–H groups in total. The monoisotopic (exact) mass is 353 g/mol. The zero-order chi connectivity index (χ0) is 17.1. The lowest BCUT2D eigenvalue weighted by atomic mass is 10.2. The molecule has 7 heteroatoms. The van der Waals surface area contributed by atoms with Gasteiger partial charge < -0.3 is 9.64 Å². The van der Waals surface area contributed by atoms with Crippen LogP contribution in [-0.4, -0.2) is 52.3 Å². The van der Waals surface area contributed by atoms with Crippen molar-refractivity contribution in [1.29, 1.82) is 0 Å². The van der Waals surface area contributed by atoms with E-state index in [9.17, 15) is 0 Å². The van der Waals surface area contributed by atoms with E-state index in [2.05, 4.69) is 27.1 Å². The van der Waals surface area contributed by atoms with Crippen LogP contribution >= 0.6 is 11.8 Å². The third kappa shape index (κ3) is 3.38. The number of thioether (sulfide) groups is 1. The lowest BCUT2D eigenvalue weighted by Gasteiger charge is -2.28. The van der Waals surface area contributed by atoms with Gasteiger partial charge in [-0.15, -0.1) is 0 Å². The Morgan fingerprint density at radius 1 is 1.12 bits per heavy atom. The molecule has 0 bridgehead atoms. The zero-order valence-electron chi connectivity index (χ0n) is 14.0. The fourth-order valence-corrected chi connectivity index (χ4v) is 3.18. The number of hydrogen-bond acceptors (Lipinski definition) is 6. The van der Waals surface area contributed by atoms with Crippen LogP contribution in [0.3, 0.4) is 0 Å². The largest absolute Gasteiger partial charge is 0.378 e. The van der Waals surface area contributed by atoms with E-state index >= 15 is 0 Å². The van der Waals surface area contributed by atoms with Gasteiger partial charge in [0.05, 0.1) is 24.8 Å². The topological polar surface area (TPSA) is 56.1 Å². The Bertz CT molecular complexity index is 887. The first-order valence-electron chi connectivity index (χ1n) is 8.20. The maximum absolute atomic E-state index is 5.46. The highest BCUT2D eigenvalue weighted by molar-refractivity contribution is 7.98. The number of fused-ring (bicyclic) bond motifs is 1. The SMILES string of the molecule is CSc1nc(N2CCOCC2)c2cnn(/C=C/c3ccccc3)c2n1. The summed E-state index contributed by atoms with van der Waals surface area (Å²) in [6.45, 7) is 3.13. The second kappa shape index (κ2) is 7.25. The van der Waals surface area contributed by atoms with Gasteiger partial charge in [-0.25, -0.2) is 14.6 Å². The highest BCUT2D eigenvalue weighted by Gasteiger charge is 2.19. The van der Waals surface area contributed by atoms with Crippen LogP contribution in [0.15, 0.2) is 41.7 Å². The normalized spacial score (nSPS) is 15.3. The van der Waals surface area contributed by atoms with E-state index in [1.165, 1.54) is 0 Å². The van der Waals surface area contributed by atoms with Crippen LogP contribution in [0.1, 0.15) is 5.56 Å². The number of nitrogens with zero attached hydrogens (tertiary/aromatic N) is 5. The molecular weight excluding hydrogens is 334 g/mol. The van der Waals surface area contributed by atoms with E-state index < -0.39 is 0 Å². The van der Waals surface area contributed by atoms with Gasteiger partial charge in [-0.2, -0.15) is 5.10 Å². The van der Waals surface area contributed by atoms with E-state index in [0.29, 0.717) is 0 Å². The quantitative estimate of drug-likeness (QED) is 0.531. The average molecular weight is 353 g/mol. The Balaban J connectivity index is 1.75. The molecule has 0 radical (unpaired) electrons. The third-order valence-corrected chi connectivity index (χ3v) is 4.66. The summed E-state index contributed by atoms with van der Waals surface area (Å²) < 4.78 is 7.27. The summed E-state index contributed by atoms with van der Waals surface area (Å²) in [5.74, 6) is 0.942. The van der Waals surface area contributed by atoms with Crippen molar-refractivity contribution >= 4 is 40.9 Å². The van der Waals surface area contributed by atoms with Crippen molar-refractivity contribution in [2.45, 2.75) is 5.16 Å². The molecule has 0 amide bonds. The van der Waals surface area contributed by atoms with Crippen LogP contribution in [0.5, 0.6) is 0 Å². The molecule has 1 saturated heterocycles. The number of anilines is 1. The molecule has 1 aromatic carbocycles. The number of aromatic nitrogens is 4. The fourth-order valence-electron chi connectivity index (χ4n) is 2.83. The summed E-state index contributed by atoms with van der Waals surface area (Å²) in [5.41, 5.74) is 1.95. The maximum Gasteiger partial charge on any atom is 0.191 e. The standard InChI is InChI=1S/C18H19N5OS/c1-25-18-20-16(22-9-11-24-12-10-22)15-13-19-23(17(15)21-18)8-7-14-5-3-2-4-6-14/h2-8,13H,9-12H2,1H3/b8-7+. The highest BCUT2D eigenvalue weighted by Crippen LogP contribution is 2.27. The maximum atomic E-state index is 5.46. The zero-order valence-corrected chi connectivity index (χ0v) is 14.8. The minimum Gasteiger partial charge on any atom is -0.378 e. The Hall–Kier alpha value is -2.38. The molecule has 0 aliphatic carbocycles. The molecule has 1 aliphatic heterocycles. The van der Waals surface area contributed by atoms with Crippen molar-refractivity contribution in [3.63, 3.8) is 0 Å². The smallest absolute Gasteiger partial charge is 0.191 e. The number of rotatable bonds is 4. The molecule has 4 rings (SSSR count). The van der Waals surface area contributed by atoms with Crippen molar-refractivity contribution < 1.29 is 4.74 Å². The Morgan fingerprint density at radius 3 is 2.68 bits per heavy atom. The molecule has 128 valence electrons. The molecule has 0 spiro atoms. The predicted molar refractivity (Wildman–Crippen MR) is 102 cm³/mol. The van der Waals surface area contributed by atoms with Crippen molar-refractivity contribution in [3.8, 4) is 0 Å². The Morgan fingerprint density at radius 2 is 1.92 bits per heavy atom. The van der Waals surface area contributed by atoms with Crippen molar-refractivity contribution in [2.75, 3.05) is 37.5 Å². The van der Waals surface area contributed by atoms with Gasteiger partial charge in [-0.05, 0) is 17.9 Å². The van der Waals surface area contributed by atoms with E-state index in [4.69, 9.17) is 9.72 Å². The number of hydrogen-bond donors (Lipinski definition) is 0. The molecule has 0 saturated carbocycles. The third-order valence-electron chi connectivity index (χ3n) is 4.11. The first-order valence-corrected chi connectivity index (χ1v) is 9.43. The number of morpholine rings is 1. The van der Waals surface area contributed by atoms with Crippen LogP contribution in [0.25, 0.3) is 23.3 Å². The van der Waals surface area contributed by atoms with Crippen LogP contribution in [0.4, 0.5) is 5.82 Å². The molecule has 25 heavy (non-hydrogen) atoms.